The van der Waals surface area contributed by atoms with Gasteiger partial charge in [0.15, 0.2) is 0 Å². The summed E-state index contributed by atoms with van der Waals surface area (Å²) in [5, 5.41) is 4.95. The van der Waals surface area contributed by atoms with E-state index in [9.17, 15) is 0 Å². The van der Waals surface area contributed by atoms with Crippen LogP contribution in [0.5, 0.6) is 0 Å². The van der Waals surface area contributed by atoms with Crippen LogP contribution in [0.4, 0.5) is 0 Å². The Balaban J connectivity index is 0.00000112. The van der Waals surface area contributed by atoms with E-state index in [0.29, 0.717) is 11.6 Å². The molecule has 1 aromatic carbocycles. The first-order valence-electron chi connectivity index (χ1n) is 4.31. The van der Waals surface area contributed by atoms with Gasteiger partial charge in [-0.2, -0.15) is 5.10 Å². The van der Waals surface area contributed by atoms with Crippen molar-refractivity contribution in [3.05, 3.63) is 47.2 Å². The Labute approximate surface area is 99.3 Å². The van der Waals surface area contributed by atoms with Crippen LogP contribution in [0.15, 0.2) is 36.5 Å². The van der Waals surface area contributed by atoms with Crippen molar-refractivity contribution in [3.8, 4) is 5.69 Å². The average molecular weight is 244 g/mol. The van der Waals surface area contributed by atoms with Gasteiger partial charge < -0.3 is 5.73 Å². The molecule has 0 saturated carbocycles. The lowest BCUT2D eigenvalue weighted by Crippen LogP contribution is -2.00. The van der Waals surface area contributed by atoms with Crippen LogP contribution >= 0.6 is 24.0 Å². The van der Waals surface area contributed by atoms with E-state index in [1.165, 1.54) is 0 Å². The van der Waals surface area contributed by atoms with Gasteiger partial charge in [0.05, 0.1) is 16.4 Å². The fraction of sp³-hybridized carbons (Fsp3) is 0.100. The summed E-state index contributed by atoms with van der Waals surface area (Å²) in [4.78, 5) is 0. The molecule has 80 valence electrons. The van der Waals surface area contributed by atoms with Crippen molar-refractivity contribution in [1.29, 1.82) is 0 Å². The van der Waals surface area contributed by atoms with Crippen molar-refractivity contribution in [2.24, 2.45) is 5.73 Å². The molecule has 0 spiro atoms. The number of halogens is 2. The zero-order chi connectivity index (χ0) is 9.97. The Morgan fingerprint density at radius 2 is 2.00 bits per heavy atom. The van der Waals surface area contributed by atoms with E-state index in [0.717, 1.165) is 11.4 Å². The number of rotatable bonds is 2. The van der Waals surface area contributed by atoms with Crippen molar-refractivity contribution >= 4 is 24.0 Å². The number of hydrogen-bond donors (Lipinski definition) is 1. The van der Waals surface area contributed by atoms with E-state index in [4.69, 9.17) is 17.3 Å². The highest BCUT2D eigenvalue weighted by Crippen LogP contribution is 2.18. The Kier molecular flexibility index (Phi) is 4.15. The first kappa shape index (κ1) is 12.0. The molecule has 0 fully saturated rings. The molecule has 5 heteroatoms. The lowest BCUT2D eigenvalue weighted by atomic mass is 10.3. The topological polar surface area (TPSA) is 43.8 Å². The van der Waals surface area contributed by atoms with Crippen LogP contribution < -0.4 is 5.73 Å². The van der Waals surface area contributed by atoms with Crippen molar-refractivity contribution in [2.45, 2.75) is 6.54 Å². The SMILES string of the molecule is Cl.NCc1ccn(-c2ccccc2Cl)n1. The van der Waals surface area contributed by atoms with Crippen molar-refractivity contribution < 1.29 is 0 Å². The number of hydrogen-bond acceptors (Lipinski definition) is 2. The van der Waals surface area contributed by atoms with Gasteiger partial charge in [0.25, 0.3) is 0 Å². The fourth-order valence-electron chi connectivity index (χ4n) is 1.24. The summed E-state index contributed by atoms with van der Waals surface area (Å²) in [6.07, 6.45) is 1.85. The molecule has 0 amide bonds. The van der Waals surface area contributed by atoms with Crippen molar-refractivity contribution in [2.75, 3.05) is 0 Å². The Morgan fingerprint density at radius 1 is 1.27 bits per heavy atom. The monoisotopic (exact) mass is 243 g/mol. The van der Waals surface area contributed by atoms with Crippen LogP contribution in [0.2, 0.25) is 5.02 Å². The second-order valence-electron chi connectivity index (χ2n) is 2.91. The summed E-state index contributed by atoms with van der Waals surface area (Å²) in [5.41, 5.74) is 7.19. The highest BCUT2D eigenvalue weighted by Gasteiger charge is 2.02. The molecule has 0 radical (unpaired) electrons. The zero-order valence-corrected chi connectivity index (χ0v) is 9.50. The molecule has 2 rings (SSSR count). The predicted molar refractivity (Wildman–Crippen MR) is 63.7 cm³/mol. The minimum Gasteiger partial charge on any atom is -0.325 e. The Hall–Kier alpha value is -1.03. The van der Waals surface area contributed by atoms with Gasteiger partial charge in [-0.1, -0.05) is 23.7 Å². The molecule has 3 nitrogen and oxygen atoms in total. The van der Waals surface area contributed by atoms with Crippen LogP contribution in [-0.2, 0) is 6.54 Å². The molecule has 1 aromatic heterocycles. The lowest BCUT2D eigenvalue weighted by Gasteiger charge is -2.02. The van der Waals surface area contributed by atoms with Gasteiger partial charge in [0.2, 0.25) is 0 Å². The molecule has 2 aromatic rings. The first-order valence-corrected chi connectivity index (χ1v) is 4.68. The second-order valence-corrected chi connectivity index (χ2v) is 3.31. The van der Waals surface area contributed by atoms with Gasteiger partial charge in [-0.15, -0.1) is 12.4 Å². The standard InChI is InChI=1S/C10H10ClN3.ClH/c11-9-3-1-2-4-10(9)14-6-5-8(7-12)13-14;/h1-6H,7,12H2;1H. The molecule has 0 aliphatic carbocycles. The summed E-state index contributed by atoms with van der Waals surface area (Å²) >= 11 is 6.02. The molecule has 2 N–H and O–H groups in total. The molecule has 0 unspecified atom stereocenters. The molecular weight excluding hydrogens is 233 g/mol. The normalized spacial score (nSPS) is 9.73. The maximum Gasteiger partial charge on any atom is 0.0831 e. The van der Waals surface area contributed by atoms with Crippen LogP contribution in [0.25, 0.3) is 5.69 Å². The third-order valence-electron chi connectivity index (χ3n) is 1.95. The van der Waals surface area contributed by atoms with Crippen LogP contribution in [-0.4, -0.2) is 9.78 Å². The highest BCUT2D eigenvalue weighted by atomic mass is 35.5. The first-order chi connectivity index (χ1) is 6.81. The predicted octanol–water partition coefficient (Wildman–Crippen LogP) is 2.41. The van der Waals surface area contributed by atoms with Gasteiger partial charge in [-0.05, 0) is 18.2 Å². The summed E-state index contributed by atoms with van der Waals surface area (Å²) in [5.74, 6) is 0. The largest absolute Gasteiger partial charge is 0.325 e. The summed E-state index contributed by atoms with van der Waals surface area (Å²) < 4.78 is 1.73. The molecule has 0 saturated heterocycles. The smallest absolute Gasteiger partial charge is 0.0831 e. The quantitative estimate of drug-likeness (QED) is 0.881. The van der Waals surface area contributed by atoms with Gasteiger partial charge in [-0.25, -0.2) is 4.68 Å². The minimum absolute atomic E-state index is 0. The highest BCUT2D eigenvalue weighted by molar-refractivity contribution is 6.32. The fourth-order valence-corrected chi connectivity index (χ4v) is 1.46. The van der Waals surface area contributed by atoms with Crippen molar-refractivity contribution in [1.82, 2.24) is 9.78 Å². The second kappa shape index (κ2) is 5.16. The summed E-state index contributed by atoms with van der Waals surface area (Å²) in [6, 6.07) is 9.43. The van der Waals surface area contributed by atoms with Crippen LogP contribution in [0.1, 0.15) is 5.69 Å². The zero-order valence-electron chi connectivity index (χ0n) is 7.93. The maximum absolute atomic E-state index is 6.02. The maximum atomic E-state index is 6.02. The van der Waals surface area contributed by atoms with Gasteiger partial charge in [0, 0.05) is 12.7 Å². The Morgan fingerprint density at radius 3 is 2.60 bits per heavy atom. The Bertz CT molecular complexity index is 440. The van der Waals surface area contributed by atoms with Crippen molar-refractivity contribution in [3.63, 3.8) is 0 Å². The van der Waals surface area contributed by atoms with E-state index in [-0.39, 0.29) is 12.4 Å². The van der Waals surface area contributed by atoms with E-state index in [1.807, 2.05) is 36.5 Å². The van der Waals surface area contributed by atoms with E-state index < -0.39 is 0 Å². The molecule has 0 aliphatic rings. The number of para-hydroxylation sites is 1. The summed E-state index contributed by atoms with van der Waals surface area (Å²) in [6.45, 7) is 0.442. The van der Waals surface area contributed by atoms with E-state index >= 15 is 0 Å². The van der Waals surface area contributed by atoms with Gasteiger partial charge >= 0.3 is 0 Å². The molecule has 0 bridgehead atoms. The average Bonchev–Trinajstić information content (AvgIpc) is 2.67. The van der Waals surface area contributed by atoms with Crippen LogP contribution in [0.3, 0.4) is 0 Å². The van der Waals surface area contributed by atoms with Gasteiger partial charge in [-0.3, -0.25) is 0 Å². The number of benzene rings is 1. The molecule has 0 aliphatic heterocycles. The molecule has 0 atom stereocenters. The van der Waals surface area contributed by atoms with Gasteiger partial charge in [0.1, 0.15) is 0 Å². The molecule has 1 heterocycles. The number of nitrogens with zero attached hydrogens (tertiary/aromatic N) is 2. The third-order valence-corrected chi connectivity index (χ3v) is 2.27. The minimum atomic E-state index is 0. The van der Waals surface area contributed by atoms with E-state index in [1.54, 1.807) is 4.68 Å². The third kappa shape index (κ3) is 2.50. The number of aromatic nitrogens is 2. The molecule has 15 heavy (non-hydrogen) atoms. The van der Waals surface area contributed by atoms with Crippen LogP contribution in [0, 0.1) is 0 Å². The van der Waals surface area contributed by atoms with E-state index in [2.05, 4.69) is 5.10 Å². The summed E-state index contributed by atoms with van der Waals surface area (Å²) in [7, 11) is 0. The lowest BCUT2D eigenvalue weighted by molar-refractivity contribution is 0.834. The number of nitrogens with two attached hydrogens (primary N) is 1. The molecular formula is C10H11Cl2N3.